The summed E-state index contributed by atoms with van der Waals surface area (Å²) in [5.41, 5.74) is 1.38. The number of nitrogens with zero attached hydrogens (tertiary/aromatic N) is 1. The van der Waals surface area contributed by atoms with Crippen LogP contribution in [-0.2, 0) is 4.79 Å². The second-order valence-corrected chi connectivity index (χ2v) is 6.10. The van der Waals surface area contributed by atoms with Crippen molar-refractivity contribution in [3.8, 4) is 0 Å². The fourth-order valence-corrected chi connectivity index (χ4v) is 3.41. The molecular weight excluding hydrogens is 292 g/mol. The van der Waals surface area contributed by atoms with Crippen molar-refractivity contribution in [1.29, 1.82) is 0 Å². The van der Waals surface area contributed by atoms with Crippen LogP contribution in [0.4, 0.5) is 0 Å². The van der Waals surface area contributed by atoms with Crippen LogP contribution in [0.15, 0.2) is 36.5 Å². The van der Waals surface area contributed by atoms with Gasteiger partial charge in [-0.25, -0.2) is 0 Å². The van der Waals surface area contributed by atoms with E-state index in [2.05, 4.69) is 10.3 Å². The molecule has 0 radical (unpaired) electrons. The number of amides is 1. The van der Waals surface area contributed by atoms with E-state index in [9.17, 15) is 9.59 Å². The summed E-state index contributed by atoms with van der Waals surface area (Å²) in [6.07, 6.45) is 5.50. The number of rotatable bonds is 4. The first-order chi connectivity index (χ1) is 11.1. The van der Waals surface area contributed by atoms with Crippen LogP contribution < -0.4 is 5.32 Å². The number of hydrogen-bond donors (Lipinski definition) is 2. The van der Waals surface area contributed by atoms with E-state index < -0.39 is 5.97 Å². The molecule has 1 saturated carbocycles. The number of carboxylic acids is 1. The number of nitrogens with one attached hydrogen (secondary N) is 1. The standard InChI is InChI=1S/C18H20N2O3/c21-17(22)11-12-5-1-3-7-15(12)20-18(23)14-9-10-19-16-8-4-2-6-13(14)16/h2,4,6,8-10,12,15H,1,3,5,7,11H2,(H,20,23)(H,21,22). The molecular formula is C18H20N2O3. The van der Waals surface area contributed by atoms with Gasteiger partial charge in [-0.2, -0.15) is 0 Å². The van der Waals surface area contributed by atoms with E-state index in [0.29, 0.717) is 5.56 Å². The Morgan fingerprint density at radius 3 is 2.78 bits per heavy atom. The molecule has 1 heterocycles. The fraction of sp³-hybridized carbons (Fsp3) is 0.389. The lowest BCUT2D eigenvalue weighted by atomic mass is 9.82. The normalized spacial score (nSPS) is 21.0. The Hall–Kier alpha value is -2.43. The van der Waals surface area contributed by atoms with Gasteiger partial charge >= 0.3 is 5.97 Å². The van der Waals surface area contributed by atoms with Crippen LogP contribution in [0.2, 0.25) is 0 Å². The van der Waals surface area contributed by atoms with E-state index in [1.807, 2.05) is 24.3 Å². The second-order valence-electron chi connectivity index (χ2n) is 6.10. The smallest absolute Gasteiger partial charge is 0.303 e. The molecule has 1 amide bonds. The highest BCUT2D eigenvalue weighted by atomic mass is 16.4. The van der Waals surface area contributed by atoms with Gasteiger partial charge in [0.1, 0.15) is 0 Å². The molecule has 1 aliphatic rings. The summed E-state index contributed by atoms with van der Waals surface area (Å²) in [4.78, 5) is 28.0. The number of benzene rings is 1. The maximum Gasteiger partial charge on any atom is 0.303 e. The van der Waals surface area contributed by atoms with E-state index in [1.165, 1.54) is 0 Å². The van der Waals surface area contributed by atoms with E-state index in [4.69, 9.17) is 5.11 Å². The number of carbonyl (C=O) groups excluding carboxylic acids is 1. The number of hydrogen-bond acceptors (Lipinski definition) is 3. The van der Waals surface area contributed by atoms with Gasteiger partial charge in [0.15, 0.2) is 0 Å². The van der Waals surface area contributed by atoms with Crippen molar-refractivity contribution >= 4 is 22.8 Å². The molecule has 1 aliphatic carbocycles. The summed E-state index contributed by atoms with van der Waals surface area (Å²) < 4.78 is 0. The molecule has 2 unspecified atom stereocenters. The highest BCUT2D eigenvalue weighted by Gasteiger charge is 2.28. The summed E-state index contributed by atoms with van der Waals surface area (Å²) in [5.74, 6) is -0.935. The lowest BCUT2D eigenvalue weighted by molar-refractivity contribution is -0.138. The first kappa shape index (κ1) is 15.5. The number of aromatic nitrogens is 1. The lowest BCUT2D eigenvalue weighted by Crippen LogP contribution is -2.42. The van der Waals surface area contributed by atoms with Crippen molar-refractivity contribution in [2.24, 2.45) is 5.92 Å². The number of carboxylic acid groups (broad SMARTS) is 1. The molecule has 1 aromatic heterocycles. The average Bonchev–Trinajstić information content (AvgIpc) is 2.55. The Kier molecular flexibility index (Phi) is 4.55. The highest BCUT2D eigenvalue weighted by Crippen LogP contribution is 2.27. The fourth-order valence-electron chi connectivity index (χ4n) is 3.41. The third-order valence-electron chi connectivity index (χ3n) is 4.56. The van der Waals surface area contributed by atoms with Crippen LogP contribution in [0.3, 0.4) is 0 Å². The first-order valence-electron chi connectivity index (χ1n) is 8.01. The van der Waals surface area contributed by atoms with Crippen molar-refractivity contribution < 1.29 is 14.7 Å². The predicted molar refractivity (Wildman–Crippen MR) is 87.2 cm³/mol. The molecule has 23 heavy (non-hydrogen) atoms. The van der Waals surface area contributed by atoms with Crippen LogP contribution in [0.5, 0.6) is 0 Å². The van der Waals surface area contributed by atoms with Crippen LogP contribution in [0.25, 0.3) is 10.9 Å². The van der Waals surface area contributed by atoms with Crippen LogP contribution in [0.1, 0.15) is 42.5 Å². The molecule has 0 bridgehead atoms. The van der Waals surface area contributed by atoms with Gasteiger partial charge in [-0.05, 0) is 30.9 Å². The number of aliphatic carboxylic acids is 1. The SMILES string of the molecule is O=C(O)CC1CCCCC1NC(=O)c1ccnc2ccccc12. The molecule has 5 heteroatoms. The molecule has 2 aromatic rings. The molecule has 3 rings (SSSR count). The van der Waals surface area contributed by atoms with Gasteiger partial charge in [-0.3, -0.25) is 14.6 Å². The largest absolute Gasteiger partial charge is 0.481 e. The molecule has 120 valence electrons. The van der Waals surface area contributed by atoms with Crippen molar-refractivity contribution in [2.75, 3.05) is 0 Å². The third-order valence-corrected chi connectivity index (χ3v) is 4.56. The van der Waals surface area contributed by atoms with Gasteiger partial charge < -0.3 is 10.4 Å². The molecule has 1 fully saturated rings. The Morgan fingerprint density at radius 2 is 1.96 bits per heavy atom. The minimum Gasteiger partial charge on any atom is -0.481 e. The minimum absolute atomic E-state index is 0.0123. The highest BCUT2D eigenvalue weighted by molar-refractivity contribution is 6.06. The van der Waals surface area contributed by atoms with Crippen molar-refractivity contribution in [3.05, 3.63) is 42.1 Å². The Labute approximate surface area is 134 Å². The van der Waals surface area contributed by atoms with E-state index >= 15 is 0 Å². The molecule has 2 N–H and O–H groups in total. The van der Waals surface area contributed by atoms with Crippen molar-refractivity contribution in [3.63, 3.8) is 0 Å². The number of carbonyl (C=O) groups is 2. The molecule has 5 nitrogen and oxygen atoms in total. The molecule has 0 aliphatic heterocycles. The molecule has 2 atom stereocenters. The molecule has 1 aromatic carbocycles. The van der Waals surface area contributed by atoms with Crippen molar-refractivity contribution in [1.82, 2.24) is 10.3 Å². The number of fused-ring (bicyclic) bond motifs is 1. The van der Waals surface area contributed by atoms with Crippen molar-refractivity contribution in [2.45, 2.75) is 38.1 Å². The van der Waals surface area contributed by atoms with Gasteiger partial charge in [0.05, 0.1) is 17.5 Å². The van der Waals surface area contributed by atoms with E-state index in [0.717, 1.165) is 36.6 Å². The average molecular weight is 312 g/mol. The zero-order valence-electron chi connectivity index (χ0n) is 12.9. The summed E-state index contributed by atoms with van der Waals surface area (Å²) in [7, 11) is 0. The zero-order chi connectivity index (χ0) is 16.2. The maximum atomic E-state index is 12.7. The quantitative estimate of drug-likeness (QED) is 0.909. The minimum atomic E-state index is -0.800. The lowest BCUT2D eigenvalue weighted by Gasteiger charge is -2.31. The maximum absolute atomic E-state index is 12.7. The predicted octanol–water partition coefficient (Wildman–Crippen LogP) is 3.00. The zero-order valence-corrected chi connectivity index (χ0v) is 12.9. The van der Waals surface area contributed by atoms with Crippen LogP contribution in [0, 0.1) is 5.92 Å². The first-order valence-corrected chi connectivity index (χ1v) is 8.01. The van der Waals surface area contributed by atoms with E-state index in [1.54, 1.807) is 12.3 Å². The topological polar surface area (TPSA) is 79.3 Å². The molecule has 0 saturated heterocycles. The Balaban J connectivity index is 1.80. The Morgan fingerprint density at radius 1 is 1.17 bits per heavy atom. The summed E-state index contributed by atoms with van der Waals surface area (Å²) >= 11 is 0. The summed E-state index contributed by atoms with van der Waals surface area (Å²) in [6, 6.07) is 9.18. The van der Waals surface area contributed by atoms with Gasteiger partial charge in [0.25, 0.3) is 5.91 Å². The van der Waals surface area contributed by atoms with Gasteiger partial charge in [-0.1, -0.05) is 31.0 Å². The summed E-state index contributed by atoms with van der Waals surface area (Å²) in [6.45, 7) is 0. The number of pyridine rings is 1. The second kappa shape index (κ2) is 6.77. The van der Waals surface area contributed by atoms with Crippen LogP contribution >= 0.6 is 0 Å². The van der Waals surface area contributed by atoms with Gasteiger partial charge in [0, 0.05) is 17.6 Å². The third kappa shape index (κ3) is 3.50. The monoisotopic (exact) mass is 312 g/mol. The molecule has 0 spiro atoms. The number of para-hydroxylation sites is 1. The van der Waals surface area contributed by atoms with E-state index in [-0.39, 0.29) is 24.3 Å². The Bertz CT molecular complexity index is 724. The van der Waals surface area contributed by atoms with Gasteiger partial charge in [0.2, 0.25) is 0 Å². The van der Waals surface area contributed by atoms with Crippen LogP contribution in [-0.4, -0.2) is 28.0 Å². The summed E-state index contributed by atoms with van der Waals surface area (Å²) in [5, 5.41) is 12.9. The van der Waals surface area contributed by atoms with Gasteiger partial charge in [-0.15, -0.1) is 0 Å².